The van der Waals surface area contributed by atoms with Gasteiger partial charge in [-0.15, -0.1) is 0 Å². The van der Waals surface area contributed by atoms with E-state index in [0.717, 1.165) is 36.6 Å². The van der Waals surface area contributed by atoms with Gasteiger partial charge in [0.1, 0.15) is 11.6 Å². The third-order valence-corrected chi connectivity index (χ3v) is 3.94. The van der Waals surface area contributed by atoms with E-state index in [1.807, 2.05) is 12.1 Å². The molecule has 3 nitrogen and oxygen atoms in total. The molecule has 1 saturated carbocycles. The van der Waals surface area contributed by atoms with Gasteiger partial charge in [-0.3, -0.25) is 0 Å². The zero-order chi connectivity index (χ0) is 12.8. The van der Waals surface area contributed by atoms with Crippen LogP contribution in [0.2, 0.25) is 0 Å². The second kappa shape index (κ2) is 6.62. The van der Waals surface area contributed by atoms with Gasteiger partial charge in [-0.05, 0) is 37.3 Å². The highest BCUT2D eigenvalue weighted by atomic mass is 15.1. The fourth-order valence-electron chi connectivity index (χ4n) is 2.74. The first-order chi connectivity index (χ1) is 8.79. The first-order valence-corrected chi connectivity index (χ1v) is 7.24. The Balaban J connectivity index is 1.87. The van der Waals surface area contributed by atoms with E-state index in [2.05, 4.69) is 35.5 Å². The molecule has 0 spiro atoms. The minimum Gasteiger partial charge on any atom is -0.370 e. The monoisotopic (exact) mass is 247 g/mol. The van der Waals surface area contributed by atoms with Crippen LogP contribution in [0.3, 0.4) is 0 Å². The SMILES string of the molecule is CCNc1cccc(NCC2CCCCC2C)n1. The maximum absolute atomic E-state index is 4.55. The zero-order valence-corrected chi connectivity index (χ0v) is 11.6. The predicted molar refractivity (Wildman–Crippen MR) is 78.0 cm³/mol. The van der Waals surface area contributed by atoms with Crippen LogP contribution >= 0.6 is 0 Å². The number of rotatable bonds is 5. The van der Waals surface area contributed by atoms with Crippen LogP contribution in [0.25, 0.3) is 0 Å². The highest BCUT2D eigenvalue weighted by Crippen LogP contribution is 2.29. The second-order valence-electron chi connectivity index (χ2n) is 5.34. The van der Waals surface area contributed by atoms with Crippen LogP contribution in [0.1, 0.15) is 39.5 Å². The lowest BCUT2D eigenvalue weighted by Gasteiger charge is -2.29. The molecule has 1 aromatic heterocycles. The van der Waals surface area contributed by atoms with E-state index in [9.17, 15) is 0 Å². The molecule has 1 heterocycles. The Hall–Kier alpha value is -1.25. The van der Waals surface area contributed by atoms with Crippen molar-refractivity contribution in [3.05, 3.63) is 18.2 Å². The summed E-state index contributed by atoms with van der Waals surface area (Å²) >= 11 is 0. The first-order valence-electron chi connectivity index (χ1n) is 7.24. The molecule has 0 aliphatic heterocycles. The summed E-state index contributed by atoms with van der Waals surface area (Å²) in [5.74, 6) is 3.61. The Bertz CT molecular complexity index is 365. The van der Waals surface area contributed by atoms with Gasteiger partial charge in [0.2, 0.25) is 0 Å². The van der Waals surface area contributed by atoms with E-state index in [1.54, 1.807) is 0 Å². The number of aromatic nitrogens is 1. The lowest BCUT2D eigenvalue weighted by Crippen LogP contribution is -2.24. The molecule has 0 saturated heterocycles. The molecule has 2 atom stereocenters. The largest absolute Gasteiger partial charge is 0.370 e. The predicted octanol–water partition coefficient (Wildman–Crippen LogP) is 3.75. The molecule has 2 rings (SSSR count). The molecule has 1 fully saturated rings. The molecule has 18 heavy (non-hydrogen) atoms. The Morgan fingerprint density at radius 1 is 1.17 bits per heavy atom. The summed E-state index contributed by atoms with van der Waals surface area (Å²) in [6.07, 6.45) is 5.55. The van der Waals surface area contributed by atoms with Gasteiger partial charge in [-0.2, -0.15) is 0 Å². The van der Waals surface area contributed by atoms with Gasteiger partial charge in [0.15, 0.2) is 0 Å². The third-order valence-electron chi connectivity index (χ3n) is 3.94. The quantitative estimate of drug-likeness (QED) is 0.832. The van der Waals surface area contributed by atoms with Crippen molar-refractivity contribution in [1.82, 2.24) is 4.98 Å². The van der Waals surface area contributed by atoms with Crippen LogP contribution in [0, 0.1) is 11.8 Å². The van der Waals surface area contributed by atoms with E-state index in [0.29, 0.717) is 0 Å². The van der Waals surface area contributed by atoms with Gasteiger partial charge in [-0.25, -0.2) is 4.98 Å². The lowest BCUT2D eigenvalue weighted by molar-refractivity contribution is 0.268. The average Bonchev–Trinajstić information content (AvgIpc) is 2.39. The number of anilines is 2. The molecule has 100 valence electrons. The Morgan fingerprint density at radius 3 is 2.61 bits per heavy atom. The van der Waals surface area contributed by atoms with E-state index in [-0.39, 0.29) is 0 Å². The smallest absolute Gasteiger partial charge is 0.128 e. The number of pyridine rings is 1. The van der Waals surface area contributed by atoms with E-state index < -0.39 is 0 Å². The maximum Gasteiger partial charge on any atom is 0.128 e. The summed E-state index contributed by atoms with van der Waals surface area (Å²) in [5, 5.41) is 6.74. The van der Waals surface area contributed by atoms with E-state index in [1.165, 1.54) is 25.7 Å². The van der Waals surface area contributed by atoms with Crippen molar-refractivity contribution >= 4 is 11.6 Å². The fourth-order valence-corrected chi connectivity index (χ4v) is 2.74. The average molecular weight is 247 g/mol. The van der Waals surface area contributed by atoms with Crippen molar-refractivity contribution < 1.29 is 0 Å². The Kier molecular flexibility index (Phi) is 4.85. The molecule has 0 aromatic carbocycles. The number of hydrogen-bond donors (Lipinski definition) is 2. The topological polar surface area (TPSA) is 37.0 Å². The normalized spacial score (nSPS) is 23.7. The van der Waals surface area contributed by atoms with Crippen molar-refractivity contribution in [1.29, 1.82) is 0 Å². The molecule has 0 bridgehead atoms. The molecule has 2 N–H and O–H groups in total. The minimum atomic E-state index is 0.809. The molecule has 0 amide bonds. The van der Waals surface area contributed by atoms with Crippen molar-refractivity contribution in [2.45, 2.75) is 39.5 Å². The van der Waals surface area contributed by atoms with Crippen LogP contribution in [-0.2, 0) is 0 Å². The molecule has 1 aliphatic rings. The molecular weight excluding hydrogens is 222 g/mol. The summed E-state index contributed by atoms with van der Waals surface area (Å²) in [5.41, 5.74) is 0. The van der Waals surface area contributed by atoms with Gasteiger partial charge in [0.25, 0.3) is 0 Å². The Labute approximate surface area is 110 Å². The maximum atomic E-state index is 4.55. The Morgan fingerprint density at radius 2 is 1.89 bits per heavy atom. The van der Waals surface area contributed by atoms with Crippen LogP contribution in [0.15, 0.2) is 18.2 Å². The highest BCUT2D eigenvalue weighted by Gasteiger charge is 2.20. The van der Waals surface area contributed by atoms with Gasteiger partial charge < -0.3 is 10.6 Å². The third kappa shape index (κ3) is 3.62. The molecule has 3 heteroatoms. The van der Waals surface area contributed by atoms with Crippen molar-refractivity contribution in [3.63, 3.8) is 0 Å². The van der Waals surface area contributed by atoms with Crippen molar-refractivity contribution in [2.75, 3.05) is 23.7 Å². The van der Waals surface area contributed by atoms with Gasteiger partial charge >= 0.3 is 0 Å². The fraction of sp³-hybridized carbons (Fsp3) is 0.667. The van der Waals surface area contributed by atoms with Gasteiger partial charge in [0.05, 0.1) is 0 Å². The number of nitrogens with one attached hydrogen (secondary N) is 2. The standard InChI is InChI=1S/C15H25N3/c1-3-16-14-9-6-10-15(18-14)17-11-13-8-5-4-7-12(13)2/h6,9-10,12-13H,3-5,7-8,11H2,1-2H3,(H2,16,17,18). The molecule has 2 unspecified atom stereocenters. The van der Waals surface area contributed by atoms with E-state index in [4.69, 9.17) is 0 Å². The van der Waals surface area contributed by atoms with Crippen LogP contribution in [-0.4, -0.2) is 18.1 Å². The van der Waals surface area contributed by atoms with Crippen molar-refractivity contribution in [3.8, 4) is 0 Å². The zero-order valence-electron chi connectivity index (χ0n) is 11.6. The summed E-state index contributed by atoms with van der Waals surface area (Å²) < 4.78 is 0. The first kappa shape index (κ1) is 13.2. The number of hydrogen-bond acceptors (Lipinski definition) is 3. The number of nitrogens with zero attached hydrogens (tertiary/aromatic N) is 1. The summed E-state index contributed by atoms with van der Waals surface area (Å²) in [7, 11) is 0. The molecule has 0 radical (unpaired) electrons. The van der Waals surface area contributed by atoms with Crippen molar-refractivity contribution in [2.24, 2.45) is 11.8 Å². The molecule has 1 aromatic rings. The van der Waals surface area contributed by atoms with Crippen LogP contribution in [0.4, 0.5) is 11.6 Å². The molecular formula is C15H25N3. The van der Waals surface area contributed by atoms with E-state index >= 15 is 0 Å². The second-order valence-corrected chi connectivity index (χ2v) is 5.34. The highest BCUT2D eigenvalue weighted by molar-refractivity contribution is 5.44. The van der Waals surface area contributed by atoms with Gasteiger partial charge in [0, 0.05) is 13.1 Å². The minimum absolute atomic E-state index is 0.809. The summed E-state index contributed by atoms with van der Waals surface area (Å²) in [4.78, 5) is 4.55. The van der Waals surface area contributed by atoms with Crippen LogP contribution < -0.4 is 10.6 Å². The summed E-state index contributed by atoms with van der Waals surface area (Å²) in [6.45, 7) is 6.44. The van der Waals surface area contributed by atoms with Gasteiger partial charge in [-0.1, -0.05) is 32.3 Å². The molecule has 1 aliphatic carbocycles. The summed E-state index contributed by atoms with van der Waals surface area (Å²) in [6, 6.07) is 6.11. The lowest BCUT2D eigenvalue weighted by atomic mass is 9.80. The van der Waals surface area contributed by atoms with Crippen LogP contribution in [0.5, 0.6) is 0 Å².